The Morgan fingerprint density at radius 2 is 1.64 bits per heavy atom. The molecule has 5 nitrogen and oxygen atoms in total. The zero-order valence-corrected chi connectivity index (χ0v) is 12.2. The highest BCUT2D eigenvalue weighted by Gasteiger charge is 2.08. The molecule has 0 atom stereocenters. The fourth-order valence-corrected chi connectivity index (χ4v) is 2.36. The summed E-state index contributed by atoms with van der Waals surface area (Å²) in [5, 5.41) is 0. The summed E-state index contributed by atoms with van der Waals surface area (Å²) < 4.78 is 5.42. The molecule has 0 aliphatic rings. The third-order valence-corrected chi connectivity index (χ3v) is 3.34. The normalized spacial score (nSPS) is 10.4. The van der Waals surface area contributed by atoms with E-state index < -0.39 is 0 Å². The second kappa shape index (κ2) is 5.73. The first-order valence-electron chi connectivity index (χ1n) is 6.81. The minimum Gasteiger partial charge on any atom is -0.496 e. The standard InChI is InChI=1S/C17H16N4O/c1-22-15-8-3-2-7-13(15)11-5-4-6-12(9-11)14-10-16(18)21-17(19)20-14/h2-10H,1H3,(H4,18,19,20,21). The van der Waals surface area contributed by atoms with Crippen molar-refractivity contribution in [3.63, 3.8) is 0 Å². The summed E-state index contributed by atoms with van der Waals surface area (Å²) in [7, 11) is 1.66. The minimum absolute atomic E-state index is 0.165. The number of hydrogen-bond acceptors (Lipinski definition) is 5. The SMILES string of the molecule is COc1ccccc1-c1cccc(-c2cc(N)nc(N)n2)c1. The molecule has 0 aliphatic heterocycles. The van der Waals surface area contributed by atoms with Gasteiger partial charge in [-0.3, -0.25) is 0 Å². The fourth-order valence-electron chi connectivity index (χ4n) is 2.36. The quantitative estimate of drug-likeness (QED) is 0.775. The van der Waals surface area contributed by atoms with Crippen LogP contribution < -0.4 is 16.2 Å². The van der Waals surface area contributed by atoms with Crippen molar-refractivity contribution in [3.8, 4) is 28.1 Å². The van der Waals surface area contributed by atoms with Gasteiger partial charge in [0.15, 0.2) is 0 Å². The predicted molar refractivity (Wildman–Crippen MR) is 88.3 cm³/mol. The van der Waals surface area contributed by atoms with Crippen molar-refractivity contribution < 1.29 is 4.74 Å². The molecule has 0 radical (unpaired) electrons. The average Bonchev–Trinajstić information content (AvgIpc) is 2.54. The van der Waals surface area contributed by atoms with Gasteiger partial charge in [0.05, 0.1) is 12.8 Å². The van der Waals surface area contributed by atoms with Crippen LogP contribution in [0.4, 0.5) is 11.8 Å². The molecule has 0 saturated carbocycles. The van der Waals surface area contributed by atoms with Gasteiger partial charge in [-0.15, -0.1) is 0 Å². The van der Waals surface area contributed by atoms with E-state index in [4.69, 9.17) is 16.2 Å². The highest BCUT2D eigenvalue weighted by Crippen LogP contribution is 2.32. The second-order valence-corrected chi connectivity index (χ2v) is 4.82. The molecule has 0 bridgehead atoms. The maximum Gasteiger partial charge on any atom is 0.222 e. The summed E-state index contributed by atoms with van der Waals surface area (Å²) in [5.41, 5.74) is 15.1. The fraction of sp³-hybridized carbons (Fsp3) is 0.0588. The summed E-state index contributed by atoms with van der Waals surface area (Å²) in [4.78, 5) is 8.13. The minimum atomic E-state index is 0.165. The van der Waals surface area contributed by atoms with Gasteiger partial charge >= 0.3 is 0 Å². The third-order valence-electron chi connectivity index (χ3n) is 3.34. The van der Waals surface area contributed by atoms with Gasteiger partial charge in [0, 0.05) is 17.2 Å². The van der Waals surface area contributed by atoms with Crippen LogP contribution in [-0.4, -0.2) is 17.1 Å². The first kappa shape index (κ1) is 13.9. The van der Waals surface area contributed by atoms with Crippen LogP contribution in [0.3, 0.4) is 0 Å². The number of nitrogens with zero attached hydrogens (tertiary/aromatic N) is 2. The molecule has 0 amide bonds. The van der Waals surface area contributed by atoms with E-state index in [2.05, 4.69) is 9.97 Å². The van der Waals surface area contributed by atoms with Gasteiger partial charge in [-0.05, 0) is 17.7 Å². The summed E-state index contributed by atoms with van der Waals surface area (Å²) in [6.45, 7) is 0. The lowest BCUT2D eigenvalue weighted by atomic mass is 10.0. The molecular weight excluding hydrogens is 276 g/mol. The van der Waals surface area contributed by atoms with E-state index >= 15 is 0 Å². The Labute approximate surface area is 128 Å². The Morgan fingerprint density at radius 1 is 0.864 bits per heavy atom. The molecule has 1 heterocycles. The van der Waals surface area contributed by atoms with Gasteiger partial charge in [0.2, 0.25) is 5.95 Å². The summed E-state index contributed by atoms with van der Waals surface area (Å²) in [6.07, 6.45) is 0. The number of aromatic nitrogens is 2. The van der Waals surface area contributed by atoms with E-state index in [0.29, 0.717) is 11.5 Å². The molecule has 22 heavy (non-hydrogen) atoms. The Hall–Kier alpha value is -3.08. The topological polar surface area (TPSA) is 87.0 Å². The predicted octanol–water partition coefficient (Wildman–Crippen LogP) is 2.98. The van der Waals surface area contributed by atoms with Crippen molar-refractivity contribution in [2.45, 2.75) is 0 Å². The van der Waals surface area contributed by atoms with E-state index in [1.54, 1.807) is 13.2 Å². The Balaban J connectivity index is 2.10. The molecular formula is C17H16N4O. The smallest absolute Gasteiger partial charge is 0.222 e. The van der Waals surface area contributed by atoms with Crippen LogP contribution in [0.2, 0.25) is 0 Å². The number of ether oxygens (including phenoxy) is 1. The lowest BCUT2D eigenvalue weighted by molar-refractivity contribution is 0.416. The van der Waals surface area contributed by atoms with Crippen LogP contribution in [0, 0.1) is 0 Å². The zero-order chi connectivity index (χ0) is 15.5. The van der Waals surface area contributed by atoms with Gasteiger partial charge in [0.25, 0.3) is 0 Å². The van der Waals surface area contributed by atoms with E-state index in [-0.39, 0.29) is 5.95 Å². The van der Waals surface area contributed by atoms with Crippen molar-refractivity contribution in [1.29, 1.82) is 0 Å². The van der Waals surface area contributed by atoms with Crippen molar-refractivity contribution in [1.82, 2.24) is 9.97 Å². The summed E-state index contributed by atoms with van der Waals surface area (Å²) >= 11 is 0. The Morgan fingerprint density at radius 3 is 2.41 bits per heavy atom. The van der Waals surface area contributed by atoms with Gasteiger partial charge in [-0.2, -0.15) is 4.98 Å². The number of methoxy groups -OCH3 is 1. The molecule has 0 unspecified atom stereocenters. The van der Waals surface area contributed by atoms with Gasteiger partial charge < -0.3 is 16.2 Å². The summed E-state index contributed by atoms with van der Waals surface area (Å²) in [6, 6.07) is 17.5. The van der Waals surface area contributed by atoms with E-state index in [1.165, 1.54) is 0 Å². The molecule has 0 aliphatic carbocycles. The second-order valence-electron chi connectivity index (χ2n) is 4.82. The zero-order valence-electron chi connectivity index (χ0n) is 12.2. The lowest BCUT2D eigenvalue weighted by Gasteiger charge is -2.10. The number of hydrogen-bond donors (Lipinski definition) is 2. The molecule has 3 rings (SSSR count). The van der Waals surface area contributed by atoms with Crippen LogP contribution in [-0.2, 0) is 0 Å². The number of rotatable bonds is 3. The first-order chi connectivity index (χ1) is 10.7. The molecule has 0 spiro atoms. The molecule has 5 heteroatoms. The average molecular weight is 292 g/mol. The van der Waals surface area contributed by atoms with Crippen molar-refractivity contribution in [2.75, 3.05) is 18.6 Å². The monoisotopic (exact) mass is 292 g/mol. The maximum atomic E-state index is 5.74. The van der Waals surface area contributed by atoms with Crippen molar-refractivity contribution in [2.24, 2.45) is 0 Å². The molecule has 2 aromatic carbocycles. The number of para-hydroxylation sites is 1. The van der Waals surface area contributed by atoms with Gasteiger partial charge in [-0.1, -0.05) is 36.4 Å². The van der Waals surface area contributed by atoms with Gasteiger partial charge in [0.1, 0.15) is 11.6 Å². The highest BCUT2D eigenvalue weighted by atomic mass is 16.5. The Kier molecular flexibility index (Phi) is 3.62. The van der Waals surface area contributed by atoms with E-state index in [0.717, 1.165) is 22.4 Å². The molecule has 1 aromatic heterocycles. The number of nitrogen functional groups attached to an aromatic ring is 2. The van der Waals surface area contributed by atoms with Crippen LogP contribution in [0.15, 0.2) is 54.6 Å². The lowest BCUT2D eigenvalue weighted by Crippen LogP contribution is -2.00. The third kappa shape index (κ3) is 2.69. The molecule has 0 fully saturated rings. The molecule has 4 N–H and O–H groups in total. The largest absolute Gasteiger partial charge is 0.496 e. The highest BCUT2D eigenvalue weighted by molar-refractivity contribution is 5.76. The molecule has 3 aromatic rings. The van der Waals surface area contributed by atoms with E-state index in [9.17, 15) is 0 Å². The van der Waals surface area contributed by atoms with Gasteiger partial charge in [-0.25, -0.2) is 4.98 Å². The van der Waals surface area contributed by atoms with E-state index in [1.807, 2.05) is 48.5 Å². The number of nitrogens with two attached hydrogens (primary N) is 2. The van der Waals surface area contributed by atoms with Crippen LogP contribution in [0.25, 0.3) is 22.4 Å². The molecule has 0 saturated heterocycles. The van der Waals surface area contributed by atoms with Crippen LogP contribution in [0.5, 0.6) is 5.75 Å². The number of benzene rings is 2. The maximum absolute atomic E-state index is 5.74. The van der Waals surface area contributed by atoms with Crippen molar-refractivity contribution >= 4 is 11.8 Å². The van der Waals surface area contributed by atoms with Crippen LogP contribution in [0.1, 0.15) is 0 Å². The Bertz CT molecular complexity index is 797. The van der Waals surface area contributed by atoms with Crippen molar-refractivity contribution in [3.05, 3.63) is 54.6 Å². The van der Waals surface area contributed by atoms with Crippen LogP contribution >= 0.6 is 0 Å². The first-order valence-corrected chi connectivity index (χ1v) is 6.81. The summed E-state index contributed by atoms with van der Waals surface area (Å²) in [5.74, 6) is 1.34. The number of anilines is 2. The molecule has 110 valence electrons.